The van der Waals surface area contributed by atoms with Crippen LogP contribution >= 0.6 is 11.6 Å². The van der Waals surface area contributed by atoms with Crippen LogP contribution in [0.3, 0.4) is 0 Å². The Hall–Kier alpha value is -2.42. The third-order valence-corrected chi connectivity index (χ3v) is 7.08. The van der Waals surface area contributed by atoms with Gasteiger partial charge in [0.05, 0.1) is 28.2 Å². The molecule has 1 fully saturated rings. The van der Waals surface area contributed by atoms with E-state index in [4.69, 9.17) is 16.3 Å². The monoisotopic (exact) mass is 451 g/mol. The highest BCUT2D eigenvalue weighted by molar-refractivity contribution is 7.89. The van der Waals surface area contributed by atoms with E-state index >= 15 is 0 Å². The van der Waals surface area contributed by atoms with Crippen molar-refractivity contribution in [1.29, 1.82) is 0 Å². The molecule has 0 radical (unpaired) electrons. The summed E-state index contributed by atoms with van der Waals surface area (Å²) >= 11 is 6.12. The summed E-state index contributed by atoms with van der Waals surface area (Å²) in [6.45, 7) is 0.873. The van der Waals surface area contributed by atoms with Crippen molar-refractivity contribution >= 4 is 33.6 Å². The molecule has 0 aliphatic carbocycles. The van der Waals surface area contributed by atoms with Crippen molar-refractivity contribution < 1.29 is 27.5 Å². The van der Waals surface area contributed by atoms with Crippen molar-refractivity contribution in [3.8, 4) is 0 Å². The smallest absolute Gasteiger partial charge is 0.340 e. The number of ether oxygens (including phenoxy) is 2. The Morgan fingerprint density at radius 1 is 1.00 bits per heavy atom. The molecule has 1 aliphatic rings. The fraction of sp³-hybridized carbons (Fsp3) is 0.333. The SMILES string of the molecule is COC(=O)c1ccc(COC(=O)c2cc(S(=O)(=O)N3CCCCC3)ccc2Cl)cc1. The number of esters is 2. The lowest BCUT2D eigenvalue weighted by Gasteiger charge is -2.26. The number of nitrogens with zero attached hydrogens (tertiary/aromatic N) is 1. The van der Waals surface area contributed by atoms with E-state index in [-0.39, 0.29) is 22.1 Å². The van der Waals surface area contributed by atoms with Crippen LogP contribution in [0.5, 0.6) is 0 Å². The van der Waals surface area contributed by atoms with E-state index in [2.05, 4.69) is 4.74 Å². The van der Waals surface area contributed by atoms with E-state index in [9.17, 15) is 18.0 Å². The number of hydrogen-bond acceptors (Lipinski definition) is 6. The molecule has 2 aromatic rings. The van der Waals surface area contributed by atoms with Crippen molar-refractivity contribution in [2.45, 2.75) is 30.8 Å². The molecule has 160 valence electrons. The predicted octanol–water partition coefficient (Wildman–Crippen LogP) is 3.66. The van der Waals surface area contributed by atoms with Crippen LogP contribution in [0.2, 0.25) is 5.02 Å². The molecule has 7 nitrogen and oxygen atoms in total. The minimum Gasteiger partial charge on any atom is -0.465 e. The average molecular weight is 452 g/mol. The summed E-state index contributed by atoms with van der Waals surface area (Å²) < 4.78 is 37.1. The molecule has 1 aliphatic heterocycles. The number of sulfonamides is 1. The van der Waals surface area contributed by atoms with Gasteiger partial charge in [0, 0.05) is 13.1 Å². The molecular weight excluding hydrogens is 430 g/mol. The van der Waals surface area contributed by atoms with E-state index in [0.717, 1.165) is 19.3 Å². The summed E-state index contributed by atoms with van der Waals surface area (Å²) in [5.41, 5.74) is 1.02. The van der Waals surface area contributed by atoms with Gasteiger partial charge >= 0.3 is 11.9 Å². The second-order valence-electron chi connectivity index (χ2n) is 6.87. The van der Waals surface area contributed by atoms with Gasteiger partial charge in [0.15, 0.2) is 0 Å². The maximum Gasteiger partial charge on any atom is 0.340 e. The summed E-state index contributed by atoms with van der Waals surface area (Å²) in [6, 6.07) is 10.4. The summed E-state index contributed by atoms with van der Waals surface area (Å²) in [6.07, 6.45) is 2.64. The first kappa shape index (κ1) is 22.3. The highest BCUT2D eigenvalue weighted by Crippen LogP contribution is 2.26. The van der Waals surface area contributed by atoms with E-state index in [1.165, 1.54) is 29.6 Å². The first-order valence-electron chi connectivity index (χ1n) is 9.47. The maximum atomic E-state index is 12.9. The topological polar surface area (TPSA) is 90.0 Å². The van der Waals surface area contributed by atoms with Gasteiger partial charge in [0.2, 0.25) is 10.0 Å². The lowest BCUT2D eigenvalue weighted by atomic mass is 10.1. The zero-order chi connectivity index (χ0) is 21.7. The number of hydrogen-bond donors (Lipinski definition) is 0. The average Bonchev–Trinajstić information content (AvgIpc) is 2.78. The number of methoxy groups -OCH3 is 1. The number of halogens is 1. The van der Waals surface area contributed by atoms with Gasteiger partial charge in [-0.1, -0.05) is 30.2 Å². The van der Waals surface area contributed by atoms with Gasteiger partial charge in [-0.25, -0.2) is 18.0 Å². The van der Waals surface area contributed by atoms with Gasteiger partial charge in [-0.3, -0.25) is 0 Å². The van der Waals surface area contributed by atoms with Gasteiger partial charge in [-0.05, 0) is 48.7 Å². The second-order valence-corrected chi connectivity index (χ2v) is 9.22. The third kappa shape index (κ3) is 5.00. The first-order valence-corrected chi connectivity index (χ1v) is 11.3. The number of carbonyl (C=O) groups is 2. The van der Waals surface area contributed by atoms with Crippen molar-refractivity contribution in [3.63, 3.8) is 0 Å². The van der Waals surface area contributed by atoms with Crippen LogP contribution in [0.25, 0.3) is 0 Å². The molecule has 0 amide bonds. The van der Waals surface area contributed by atoms with Crippen LogP contribution in [0, 0.1) is 0 Å². The molecule has 0 unspecified atom stereocenters. The van der Waals surface area contributed by atoms with Crippen LogP contribution in [-0.2, 0) is 26.1 Å². The molecule has 30 heavy (non-hydrogen) atoms. The first-order chi connectivity index (χ1) is 14.3. The van der Waals surface area contributed by atoms with E-state index in [1.807, 2.05) is 0 Å². The molecule has 0 aromatic heterocycles. The molecule has 1 saturated heterocycles. The van der Waals surface area contributed by atoms with Crippen molar-refractivity contribution in [3.05, 3.63) is 64.2 Å². The summed E-state index contributed by atoms with van der Waals surface area (Å²) in [5.74, 6) is -1.19. The minimum absolute atomic E-state index is 0.0130. The lowest BCUT2D eigenvalue weighted by Crippen LogP contribution is -2.35. The third-order valence-electron chi connectivity index (χ3n) is 4.86. The Morgan fingerprint density at radius 3 is 2.30 bits per heavy atom. The van der Waals surface area contributed by atoms with Crippen molar-refractivity contribution in [2.24, 2.45) is 0 Å². The highest BCUT2D eigenvalue weighted by Gasteiger charge is 2.27. The van der Waals surface area contributed by atoms with Gasteiger partial charge in [0.25, 0.3) is 0 Å². The van der Waals surface area contributed by atoms with Gasteiger partial charge in [-0.2, -0.15) is 4.31 Å². The Balaban J connectivity index is 1.73. The van der Waals surface area contributed by atoms with E-state index in [1.54, 1.807) is 24.3 Å². The molecule has 0 N–H and O–H groups in total. The normalized spacial score (nSPS) is 14.9. The zero-order valence-corrected chi connectivity index (χ0v) is 18.0. The number of piperidine rings is 1. The minimum atomic E-state index is -3.69. The van der Waals surface area contributed by atoms with E-state index in [0.29, 0.717) is 24.2 Å². The molecule has 0 atom stereocenters. The van der Waals surface area contributed by atoms with Gasteiger partial charge < -0.3 is 9.47 Å². The largest absolute Gasteiger partial charge is 0.465 e. The second kappa shape index (κ2) is 9.59. The van der Waals surface area contributed by atoms with E-state index < -0.39 is 22.0 Å². The summed E-state index contributed by atoms with van der Waals surface area (Å²) in [5, 5.41) is 0.110. The molecule has 9 heteroatoms. The Morgan fingerprint density at radius 2 is 1.67 bits per heavy atom. The number of carbonyl (C=O) groups excluding carboxylic acids is 2. The zero-order valence-electron chi connectivity index (χ0n) is 16.5. The molecular formula is C21H22ClNO6S. The number of benzene rings is 2. The molecule has 0 spiro atoms. The molecule has 0 saturated carbocycles. The fourth-order valence-electron chi connectivity index (χ4n) is 3.16. The number of rotatable bonds is 6. The van der Waals surface area contributed by atoms with Gasteiger partial charge in [0.1, 0.15) is 6.61 Å². The molecule has 0 bridgehead atoms. The van der Waals surface area contributed by atoms with Crippen LogP contribution < -0.4 is 0 Å². The highest BCUT2D eigenvalue weighted by atomic mass is 35.5. The Labute approximate surface area is 180 Å². The Bertz CT molecular complexity index is 1030. The maximum absolute atomic E-state index is 12.9. The van der Waals surface area contributed by atoms with Crippen LogP contribution in [0.1, 0.15) is 45.5 Å². The van der Waals surface area contributed by atoms with Crippen molar-refractivity contribution in [1.82, 2.24) is 4.31 Å². The lowest BCUT2D eigenvalue weighted by molar-refractivity contribution is 0.0471. The van der Waals surface area contributed by atoms with Crippen LogP contribution in [0.15, 0.2) is 47.4 Å². The van der Waals surface area contributed by atoms with Gasteiger partial charge in [-0.15, -0.1) is 0 Å². The molecule has 2 aromatic carbocycles. The summed E-state index contributed by atoms with van der Waals surface area (Å²) in [4.78, 5) is 24.0. The summed E-state index contributed by atoms with van der Waals surface area (Å²) in [7, 11) is -2.40. The standard InChI is InChI=1S/C21H22ClNO6S/c1-28-20(24)16-7-5-15(6-8-16)14-29-21(25)18-13-17(9-10-19(18)22)30(26,27)23-11-3-2-4-12-23/h5-10,13H,2-4,11-12,14H2,1H3. The van der Waals surface area contributed by atoms with Crippen LogP contribution in [0.4, 0.5) is 0 Å². The quantitative estimate of drug-likeness (QED) is 0.622. The molecule has 1 heterocycles. The van der Waals surface area contributed by atoms with Crippen molar-refractivity contribution in [2.75, 3.05) is 20.2 Å². The van der Waals surface area contributed by atoms with Crippen LogP contribution in [-0.4, -0.2) is 44.9 Å². The fourth-order valence-corrected chi connectivity index (χ4v) is 4.90. The Kier molecular flexibility index (Phi) is 7.12. The predicted molar refractivity (Wildman–Crippen MR) is 111 cm³/mol. The molecule has 3 rings (SSSR count).